The molecule has 0 saturated carbocycles. The molecule has 0 saturated heterocycles. The smallest absolute Gasteiger partial charge is 0.212 e. The van der Waals surface area contributed by atoms with E-state index in [1.807, 2.05) is 73.9 Å². The lowest BCUT2D eigenvalue weighted by Gasteiger charge is -2.08. The Labute approximate surface area is 197 Å². The largest absolute Gasteiger partial charge is 0.455 e. The SMILES string of the molecule is Cc1cc2c(cc1-c1cccc[n+]1C)oc1c(-c3cccc(-c4ccccc4)c3)c(F)ccc12. The second kappa shape index (κ2) is 7.96. The lowest BCUT2D eigenvalue weighted by molar-refractivity contribution is -0.660. The zero-order valence-corrected chi connectivity index (χ0v) is 19.0. The first-order valence-corrected chi connectivity index (χ1v) is 11.4. The third-order valence-corrected chi connectivity index (χ3v) is 6.52. The molecule has 0 radical (unpaired) electrons. The number of pyridine rings is 1. The van der Waals surface area contributed by atoms with Gasteiger partial charge in [-0.3, -0.25) is 0 Å². The standard InChI is InChI=1S/C31H23FNO/c1-20-17-26-24-14-15-27(32)30(23-12-8-11-22(18-23)21-9-4-3-5-10-21)31(24)34-29(26)19-25(20)28-13-6-7-16-33(28)2/h3-19H,1-2H3/q+1. The predicted molar refractivity (Wildman–Crippen MR) is 136 cm³/mol. The van der Waals surface area contributed by atoms with Gasteiger partial charge in [0, 0.05) is 22.9 Å². The molecule has 0 aliphatic carbocycles. The van der Waals surface area contributed by atoms with E-state index in [-0.39, 0.29) is 5.82 Å². The summed E-state index contributed by atoms with van der Waals surface area (Å²) in [6, 6.07) is 31.8. The molecular formula is C31H23FNO+. The number of hydrogen-bond donors (Lipinski definition) is 0. The zero-order valence-electron chi connectivity index (χ0n) is 19.0. The average Bonchev–Trinajstić information content (AvgIpc) is 3.21. The summed E-state index contributed by atoms with van der Waals surface area (Å²) in [5, 5.41) is 1.92. The first kappa shape index (κ1) is 20.4. The molecule has 0 fully saturated rings. The predicted octanol–water partition coefficient (Wildman–Crippen LogP) is 7.86. The summed E-state index contributed by atoms with van der Waals surface area (Å²) in [6.45, 7) is 2.11. The summed E-state index contributed by atoms with van der Waals surface area (Å²) in [5.41, 5.74) is 8.12. The first-order valence-electron chi connectivity index (χ1n) is 11.4. The molecule has 0 N–H and O–H groups in total. The summed E-state index contributed by atoms with van der Waals surface area (Å²) < 4.78 is 23.7. The Kier molecular flexibility index (Phi) is 4.77. The molecule has 0 spiro atoms. The Morgan fingerprint density at radius 3 is 2.29 bits per heavy atom. The van der Waals surface area contributed by atoms with Crippen LogP contribution in [0.15, 0.2) is 108 Å². The number of benzene rings is 4. The molecule has 2 nitrogen and oxygen atoms in total. The number of furan rings is 1. The van der Waals surface area contributed by atoms with Crippen LogP contribution in [0.3, 0.4) is 0 Å². The van der Waals surface area contributed by atoms with Crippen LogP contribution in [0.2, 0.25) is 0 Å². The minimum Gasteiger partial charge on any atom is -0.455 e. The zero-order chi connectivity index (χ0) is 23.2. The van der Waals surface area contributed by atoms with Crippen LogP contribution in [-0.4, -0.2) is 0 Å². The molecule has 2 heterocycles. The van der Waals surface area contributed by atoms with Gasteiger partial charge in [-0.2, -0.15) is 0 Å². The summed E-state index contributed by atoms with van der Waals surface area (Å²) in [7, 11) is 2.03. The average molecular weight is 445 g/mol. The van der Waals surface area contributed by atoms with Crippen LogP contribution in [0, 0.1) is 12.7 Å². The lowest BCUT2D eigenvalue weighted by atomic mass is 9.96. The third kappa shape index (κ3) is 3.29. The number of aromatic nitrogens is 1. The van der Waals surface area contributed by atoms with Crippen LogP contribution in [0.4, 0.5) is 4.39 Å². The van der Waals surface area contributed by atoms with Crippen LogP contribution >= 0.6 is 0 Å². The van der Waals surface area contributed by atoms with Gasteiger partial charge in [-0.1, -0.05) is 48.5 Å². The Balaban J connectivity index is 1.58. The molecule has 0 aliphatic heterocycles. The van der Waals surface area contributed by atoms with Gasteiger partial charge < -0.3 is 4.42 Å². The molecule has 6 aromatic rings. The number of fused-ring (bicyclic) bond motifs is 3. The number of hydrogen-bond acceptors (Lipinski definition) is 1. The van der Waals surface area contributed by atoms with Crippen LogP contribution in [0.5, 0.6) is 0 Å². The normalized spacial score (nSPS) is 11.4. The van der Waals surface area contributed by atoms with Gasteiger partial charge in [0.2, 0.25) is 5.69 Å². The maximum atomic E-state index is 15.3. The van der Waals surface area contributed by atoms with E-state index in [2.05, 4.69) is 41.8 Å². The van der Waals surface area contributed by atoms with E-state index >= 15 is 4.39 Å². The summed E-state index contributed by atoms with van der Waals surface area (Å²) in [4.78, 5) is 0. The lowest BCUT2D eigenvalue weighted by Crippen LogP contribution is -2.30. The Bertz CT molecular complexity index is 1680. The molecule has 0 bridgehead atoms. The highest BCUT2D eigenvalue weighted by Crippen LogP contribution is 2.40. The summed E-state index contributed by atoms with van der Waals surface area (Å²) in [5.74, 6) is -0.289. The van der Waals surface area contributed by atoms with Crippen molar-refractivity contribution in [2.75, 3.05) is 0 Å². The molecule has 164 valence electrons. The van der Waals surface area contributed by atoms with Crippen molar-refractivity contribution in [1.82, 2.24) is 0 Å². The molecule has 6 rings (SSSR count). The van der Waals surface area contributed by atoms with Gasteiger partial charge in [-0.25, -0.2) is 8.96 Å². The monoisotopic (exact) mass is 444 g/mol. The number of rotatable bonds is 3. The molecule has 4 aromatic carbocycles. The summed E-state index contributed by atoms with van der Waals surface area (Å²) >= 11 is 0. The Morgan fingerprint density at radius 1 is 0.706 bits per heavy atom. The molecule has 3 heteroatoms. The van der Waals surface area contributed by atoms with E-state index in [0.717, 1.165) is 49.9 Å². The van der Waals surface area contributed by atoms with E-state index in [1.54, 1.807) is 6.07 Å². The highest BCUT2D eigenvalue weighted by molar-refractivity contribution is 6.10. The molecule has 0 aliphatic rings. The fourth-order valence-electron chi connectivity index (χ4n) is 4.80. The fourth-order valence-corrected chi connectivity index (χ4v) is 4.80. The molecule has 0 atom stereocenters. The second-order valence-electron chi connectivity index (χ2n) is 8.71. The van der Waals surface area contributed by atoms with E-state index < -0.39 is 0 Å². The van der Waals surface area contributed by atoms with Gasteiger partial charge in [0.1, 0.15) is 24.0 Å². The molecule has 0 unspecified atom stereocenters. The van der Waals surface area contributed by atoms with Gasteiger partial charge in [0.05, 0.1) is 11.1 Å². The Hall–Kier alpha value is -4.24. The van der Waals surface area contributed by atoms with Gasteiger partial charge in [0.25, 0.3) is 0 Å². The second-order valence-corrected chi connectivity index (χ2v) is 8.71. The van der Waals surface area contributed by atoms with Gasteiger partial charge in [-0.15, -0.1) is 0 Å². The van der Waals surface area contributed by atoms with Crippen molar-refractivity contribution in [2.45, 2.75) is 6.92 Å². The van der Waals surface area contributed by atoms with Crippen molar-refractivity contribution in [3.8, 4) is 33.5 Å². The first-order chi connectivity index (χ1) is 16.6. The highest BCUT2D eigenvalue weighted by Gasteiger charge is 2.20. The van der Waals surface area contributed by atoms with Crippen LogP contribution in [0.1, 0.15) is 5.56 Å². The van der Waals surface area contributed by atoms with Crippen molar-refractivity contribution in [3.05, 3.63) is 115 Å². The molecule has 0 amide bonds. The third-order valence-electron chi connectivity index (χ3n) is 6.52. The fraction of sp³-hybridized carbons (Fsp3) is 0.0645. The summed E-state index contributed by atoms with van der Waals surface area (Å²) in [6.07, 6.45) is 2.03. The quantitative estimate of drug-likeness (QED) is 0.254. The number of halogens is 1. The topological polar surface area (TPSA) is 17.0 Å². The van der Waals surface area contributed by atoms with E-state index in [4.69, 9.17) is 4.42 Å². The Morgan fingerprint density at radius 2 is 1.47 bits per heavy atom. The van der Waals surface area contributed by atoms with Crippen LogP contribution < -0.4 is 4.57 Å². The van der Waals surface area contributed by atoms with Gasteiger partial charge in [0.15, 0.2) is 6.20 Å². The van der Waals surface area contributed by atoms with E-state index in [0.29, 0.717) is 11.1 Å². The molecule has 34 heavy (non-hydrogen) atoms. The molecule has 2 aromatic heterocycles. The van der Waals surface area contributed by atoms with Crippen molar-refractivity contribution >= 4 is 21.9 Å². The number of aryl methyl sites for hydroxylation is 2. The number of nitrogens with zero attached hydrogens (tertiary/aromatic N) is 1. The minimum atomic E-state index is -0.289. The van der Waals surface area contributed by atoms with Crippen molar-refractivity contribution in [1.29, 1.82) is 0 Å². The van der Waals surface area contributed by atoms with Gasteiger partial charge >= 0.3 is 0 Å². The van der Waals surface area contributed by atoms with Crippen molar-refractivity contribution in [3.63, 3.8) is 0 Å². The van der Waals surface area contributed by atoms with E-state index in [9.17, 15) is 0 Å². The van der Waals surface area contributed by atoms with E-state index in [1.165, 1.54) is 0 Å². The van der Waals surface area contributed by atoms with Crippen molar-refractivity contribution in [2.24, 2.45) is 7.05 Å². The van der Waals surface area contributed by atoms with Crippen molar-refractivity contribution < 1.29 is 13.4 Å². The highest BCUT2D eigenvalue weighted by atomic mass is 19.1. The minimum absolute atomic E-state index is 0.289. The van der Waals surface area contributed by atoms with Crippen LogP contribution in [0.25, 0.3) is 55.4 Å². The maximum absolute atomic E-state index is 15.3. The van der Waals surface area contributed by atoms with Crippen LogP contribution in [-0.2, 0) is 7.05 Å². The molecular weight excluding hydrogens is 421 g/mol. The van der Waals surface area contributed by atoms with Gasteiger partial charge in [-0.05, 0) is 65.6 Å². The maximum Gasteiger partial charge on any atom is 0.212 e.